The fourth-order valence-corrected chi connectivity index (χ4v) is 4.42. The van der Waals surface area contributed by atoms with Crippen LogP contribution in [0, 0.1) is 11.8 Å². The van der Waals surface area contributed by atoms with Crippen molar-refractivity contribution in [2.75, 3.05) is 33.9 Å². The molecule has 2 heterocycles. The average molecular weight is 369 g/mol. The third kappa shape index (κ3) is 3.46. The largest absolute Gasteiger partial charge is 0.493 e. The maximum atomic E-state index is 12.7. The van der Waals surface area contributed by atoms with Crippen LogP contribution in [0.5, 0.6) is 11.5 Å². The Hall–Kier alpha value is -2.34. The second-order valence-electron chi connectivity index (χ2n) is 7.44. The highest BCUT2D eigenvalue weighted by molar-refractivity contribution is 6.17. The molecule has 0 bridgehead atoms. The van der Waals surface area contributed by atoms with Gasteiger partial charge >= 0.3 is 0 Å². The number of ether oxygens (including phenoxy) is 2. The molecule has 1 N–H and O–H groups in total. The molecule has 1 saturated heterocycles. The van der Waals surface area contributed by atoms with Gasteiger partial charge in [0.1, 0.15) is 0 Å². The van der Waals surface area contributed by atoms with Crippen LogP contribution >= 0.6 is 0 Å². The van der Waals surface area contributed by atoms with Crippen LogP contribution in [-0.4, -0.2) is 56.4 Å². The fourth-order valence-electron chi connectivity index (χ4n) is 4.42. The van der Waals surface area contributed by atoms with Crippen LogP contribution in [0.2, 0.25) is 0 Å². The second-order valence-corrected chi connectivity index (χ2v) is 7.44. The normalized spacial score (nSPS) is 25.8. The van der Waals surface area contributed by atoms with Crippen LogP contribution < -0.4 is 14.8 Å². The number of carbonyl (C=O) groups excluding carboxylic acids is 1. The minimum atomic E-state index is -0.175. The van der Waals surface area contributed by atoms with Crippen molar-refractivity contribution in [2.24, 2.45) is 16.9 Å². The third-order valence-corrected chi connectivity index (χ3v) is 5.86. The highest BCUT2D eigenvalue weighted by Gasteiger charge is 2.40. The van der Waals surface area contributed by atoms with Crippen molar-refractivity contribution in [3.63, 3.8) is 0 Å². The molecule has 4 rings (SSSR count). The lowest BCUT2D eigenvalue weighted by atomic mass is 9.75. The number of ketones is 1. The molecule has 3 aliphatic rings. The summed E-state index contributed by atoms with van der Waals surface area (Å²) >= 11 is 0. The monoisotopic (exact) mass is 369 g/mol. The van der Waals surface area contributed by atoms with Crippen molar-refractivity contribution in [3.05, 3.63) is 35.9 Å². The molecule has 1 fully saturated rings. The number of benzene rings is 1. The van der Waals surface area contributed by atoms with E-state index in [1.807, 2.05) is 24.3 Å². The highest BCUT2D eigenvalue weighted by Crippen LogP contribution is 2.36. The number of nitrogens with one attached hydrogen (secondary N) is 1. The molecule has 27 heavy (non-hydrogen) atoms. The summed E-state index contributed by atoms with van der Waals surface area (Å²) in [7, 11) is 3.25. The van der Waals surface area contributed by atoms with E-state index in [1.54, 1.807) is 20.3 Å². The van der Waals surface area contributed by atoms with Crippen molar-refractivity contribution in [3.8, 4) is 11.5 Å². The Morgan fingerprint density at radius 3 is 2.67 bits per heavy atom. The number of nitrogens with zero attached hydrogens (tertiary/aromatic N) is 2. The molecule has 1 aliphatic carbocycles. The van der Waals surface area contributed by atoms with Gasteiger partial charge in [-0.15, -0.1) is 0 Å². The molecule has 0 spiro atoms. The number of methoxy groups -OCH3 is 2. The molecule has 0 unspecified atom stereocenters. The van der Waals surface area contributed by atoms with Gasteiger partial charge in [0.2, 0.25) is 0 Å². The van der Waals surface area contributed by atoms with Crippen molar-refractivity contribution in [2.45, 2.75) is 25.3 Å². The number of piperidine rings is 1. The lowest BCUT2D eigenvalue weighted by molar-refractivity contribution is -0.118. The highest BCUT2D eigenvalue weighted by atomic mass is 16.5. The van der Waals surface area contributed by atoms with Gasteiger partial charge in [-0.05, 0) is 62.5 Å². The maximum absolute atomic E-state index is 12.7. The predicted molar refractivity (Wildman–Crippen MR) is 104 cm³/mol. The Balaban J connectivity index is 1.74. The molecule has 1 aromatic carbocycles. The summed E-state index contributed by atoms with van der Waals surface area (Å²) in [5, 5.41) is 10.7. The number of hydrogen-bond acceptors (Lipinski definition) is 6. The zero-order valence-corrected chi connectivity index (χ0v) is 16.0. The number of hydrogen-bond donors (Lipinski definition) is 1. The van der Waals surface area contributed by atoms with E-state index in [0.717, 1.165) is 50.2 Å². The van der Waals surface area contributed by atoms with Crippen LogP contribution in [-0.2, 0) is 4.79 Å². The first-order valence-electron chi connectivity index (χ1n) is 9.70. The Morgan fingerprint density at radius 1 is 1.15 bits per heavy atom. The van der Waals surface area contributed by atoms with E-state index < -0.39 is 0 Å². The molecule has 2 aliphatic heterocycles. The minimum absolute atomic E-state index is 0.157. The average Bonchev–Trinajstić information content (AvgIpc) is 2.73. The third-order valence-electron chi connectivity index (χ3n) is 5.86. The molecule has 0 amide bonds. The predicted octanol–water partition coefficient (Wildman–Crippen LogP) is 2.24. The topological polar surface area (TPSA) is 63.2 Å². The molecule has 1 aromatic rings. The van der Waals surface area contributed by atoms with E-state index in [0.29, 0.717) is 17.5 Å². The number of hydrazone groups is 1. The first kappa shape index (κ1) is 18.0. The number of fused-ring (bicyclic) bond motifs is 1. The Kier molecular flexibility index (Phi) is 5.16. The summed E-state index contributed by atoms with van der Waals surface area (Å²) < 4.78 is 10.8. The zero-order chi connectivity index (χ0) is 18.8. The summed E-state index contributed by atoms with van der Waals surface area (Å²) in [4.78, 5) is 12.7. The molecular formula is C21H27N3O3. The lowest BCUT2D eigenvalue weighted by Gasteiger charge is -2.42. The molecule has 6 nitrogen and oxygen atoms in total. The zero-order valence-electron chi connectivity index (χ0n) is 16.0. The summed E-state index contributed by atoms with van der Waals surface area (Å²) in [6, 6.07) is 6.24. The van der Waals surface area contributed by atoms with Crippen molar-refractivity contribution >= 4 is 11.5 Å². The van der Waals surface area contributed by atoms with Crippen molar-refractivity contribution in [1.82, 2.24) is 10.3 Å². The lowest BCUT2D eigenvalue weighted by Crippen LogP contribution is -2.50. The molecule has 2 atom stereocenters. The Labute approximate surface area is 160 Å². The SMILES string of the molecule is COc1ccc(C2=NN(C3CCNCC3)C[C@@H]3CC=CC(=O)[C@H]23)cc1OC. The van der Waals surface area contributed by atoms with Gasteiger partial charge in [0, 0.05) is 18.2 Å². The van der Waals surface area contributed by atoms with Gasteiger partial charge in [0.15, 0.2) is 17.3 Å². The molecule has 0 saturated carbocycles. The van der Waals surface area contributed by atoms with Gasteiger partial charge in [0.25, 0.3) is 0 Å². The van der Waals surface area contributed by atoms with Crippen molar-refractivity contribution in [1.29, 1.82) is 0 Å². The smallest absolute Gasteiger partial charge is 0.164 e. The van der Waals surface area contributed by atoms with Gasteiger partial charge in [0.05, 0.1) is 25.8 Å². The Morgan fingerprint density at radius 2 is 1.93 bits per heavy atom. The molecule has 0 aromatic heterocycles. The van der Waals surface area contributed by atoms with E-state index in [1.165, 1.54) is 0 Å². The standard InChI is InChI=1S/C21H27N3O3/c1-26-18-7-6-14(12-19(18)27-2)21-20-15(4-3-5-17(20)25)13-24(23-21)16-8-10-22-11-9-16/h3,5-7,12,15-16,20,22H,4,8-11,13H2,1-2H3/t15-,20+/m0/s1. The van der Waals surface area contributed by atoms with E-state index in [4.69, 9.17) is 14.6 Å². The number of rotatable bonds is 4. The second kappa shape index (κ2) is 7.72. The quantitative estimate of drug-likeness (QED) is 0.882. The van der Waals surface area contributed by atoms with Crippen molar-refractivity contribution < 1.29 is 14.3 Å². The van der Waals surface area contributed by atoms with Gasteiger partial charge in [-0.1, -0.05) is 6.08 Å². The van der Waals surface area contributed by atoms with Gasteiger partial charge < -0.3 is 14.8 Å². The molecule has 0 radical (unpaired) electrons. The van der Waals surface area contributed by atoms with Gasteiger partial charge in [-0.3, -0.25) is 9.80 Å². The maximum Gasteiger partial charge on any atom is 0.164 e. The Bertz CT molecular complexity index is 768. The summed E-state index contributed by atoms with van der Waals surface area (Å²) in [5.41, 5.74) is 1.80. The summed E-state index contributed by atoms with van der Waals surface area (Å²) in [5.74, 6) is 1.60. The van der Waals surface area contributed by atoms with E-state index >= 15 is 0 Å². The van der Waals surface area contributed by atoms with Crippen LogP contribution in [0.25, 0.3) is 0 Å². The summed E-state index contributed by atoms with van der Waals surface area (Å²) in [6.07, 6.45) is 6.83. The molecule has 144 valence electrons. The van der Waals surface area contributed by atoms with Crippen LogP contribution in [0.3, 0.4) is 0 Å². The summed E-state index contributed by atoms with van der Waals surface area (Å²) in [6.45, 7) is 2.90. The van der Waals surface area contributed by atoms with E-state index in [2.05, 4.69) is 10.3 Å². The minimum Gasteiger partial charge on any atom is -0.493 e. The van der Waals surface area contributed by atoms with Crippen LogP contribution in [0.1, 0.15) is 24.8 Å². The van der Waals surface area contributed by atoms with E-state index in [-0.39, 0.29) is 17.6 Å². The molecular weight excluding hydrogens is 342 g/mol. The first-order valence-corrected chi connectivity index (χ1v) is 9.70. The number of allylic oxidation sites excluding steroid dienone is 2. The van der Waals surface area contributed by atoms with Gasteiger partial charge in [-0.2, -0.15) is 5.10 Å². The van der Waals surface area contributed by atoms with E-state index in [9.17, 15) is 4.79 Å². The van der Waals surface area contributed by atoms with Crippen LogP contribution in [0.15, 0.2) is 35.5 Å². The number of carbonyl (C=O) groups is 1. The fraction of sp³-hybridized carbons (Fsp3) is 0.524. The molecule has 6 heteroatoms. The van der Waals surface area contributed by atoms with Gasteiger partial charge in [-0.25, -0.2) is 0 Å². The van der Waals surface area contributed by atoms with Crippen LogP contribution in [0.4, 0.5) is 0 Å². The first-order chi connectivity index (χ1) is 13.2.